The van der Waals surface area contributed by atoms with Gasteiger partial charge in [-0.3, -0.25) is 4.40 Å². The minimum absolute atomic E-state index is 0.000212. The number of hydrogen-bond donors (Lipinski definition) is 1. The van der Waals surface area contributed by atoms with Crippen molar-refractivity contribution >= 4 is 17.4 Å². The minimum Gasteiger partial charge on any atom is -0.464 e. The number of pyridine rings is 1. The van der Waals surface area contributed by atoms with Crippen molar-refractivity contribution in [2.24, 2.45) is 0 Å². The molecular weight excluding hydrogens is 439 g/mol. The molecule has 0 radical (unpaired) electrons. The number of nitrogens with zero attached hydrogens (tertiary/aromatic N) is 5. The number of piperidine rings is 1. The van der Waals surface area contributed by atoms with Gasteiger partial charge in [-0.15, -0.1) is 0 Å². The second-order valence-electron chi connectivity index (χ2n) is 8.07. The molecule has 4 heterocycles. The average molecular weight is 463 g/mol. The first-order chi connectivity index (χ1) is 15.7. The van der Waals surface area contributed by atoms with Gasteiger partial charge in [-0.25, -0.2) is 19.7 Å². The lowest BCUT2D eigenvalue weighted by Gasteiger charge is -2.38. The van der Waals surface area contributed by atoms with Gasteiger partial charge in [0.1, 0.15) is 17.2 Å². The van der Waals surface area contributed by atoms with Crippen LogP contribution in [0.25, 0.3) is 17.2 Å². The molecule has 1 aliphatic rings. The van der Waals surface area contributed by atoms with E-state index in [1.54, 1.807) is 11.0 Å². The Morgan fingerprint density at radius 1 is 1.27 bits per heavy atom. The van der Waals surface area contributed by atoms with E-state index in [9.17, 15) is 23.1 Å². The monoisotopic (exact) mass is 463 g/mol. The lowest BCUT2D eigenvalue weighted by molar-refractivity contribution is -0.166. The van der Waals surface area contributed by atoms with Gasteiger partial charge in [-0.05, 0) is 37.5 Å². The number of β-amino-alcohol motifs (C(OH)–C–C–N with tert-alkyl or cyclic N) is 1. The highest BCUT2D eigenvalue weighted by Gasteiger charge is 2.42. The SMILES string of the molecule is CCCCOC(=O)C1(O)CCCN(c2ccnc(-c3cnc4ccc(C(F)(F)F)cn34)n2)C1. The standard InChI is InChI=1S/C22H24F3N5O3/c1-2-3-11-33-20(31)21(32)8-4-10-29(14-21)18-7-9-26-19(28-18)16-12-27-17-6-5-15(13-30(16)17)22(23,24)25/h5-7,9,12-13,32H,2-4,8,10-11,14H2,1H3. The highest BCUT2D eigenvalue weighted by atomic mass is 19.4. The van der Waals surface area contributed by atoms with Crippen LogP contribution < -0.4 is 4.90 Å². The lowest BCUT2D eigenvalue weighted by Crippen LogP contribution is -2.54. The molecule has 1 atom stereocenters. The molecule has 0 aliphatic carbocycles. The number of hydrogen-bond acceptors (Lipinski definition) is 7. The van der Waals surface area contributed by atoms with Crippen molar-refractivity contribution < 1.29 is 27.8 Å². The van der Waals surface area contributed by atoms with E-state index in [1.165, 1.54) is 22.9 Å². The third-order valence-electron chi connectivity index (χ3n) is 5.61. The van der Waals surface area contributed by atoms with E-state index in [4.69, 9.17) is 4.74 Å². The predicted octanol–water partition coefficient (Wildman–Crippen LogP) is 3.48. The Balaban J connectivity index is 1.60. The van der Waals surface area contributed by atoms with Crippen molar-refractivity contribution in [2.45, 2.75) is 44.4 Å². The molecule has 1 fully saturated rings. The predicted molar refractivity (Wildman–Crippen MR) is 113 cm³/mol. The quantitative estimate of drug-likeness (QED) is 0.442. The van der Waals surface area contributed by atoms with Crippen molar-refractivity contribution in [1.29, 1.82) is 0 Å². The molecule has 0 bridgehead atoms. The zero-order valence-corrected chi connectivity index (χ0v) is 18.0. The van der Waals surface area contributed by atoms with Gasteiger partial charge in [0.15, 0.2) is 11.4 Å². The average Bonchev–Trinajstić information content (AvgIpc) is 3.22. The summed E-state index contributed by atoms with van der Waals surface area (Å²) in [5.74, 6) is -0.0308. The van der Waals surface area contributed by atoms with Gasteiger partial charge in [0.25, 0.3) is 0 Å². The van der Waals surface area contributed by atoms with E-state index < -0.39 is 23.3 Å². The molecule has 1 unspecified atom stereocenters. The fourth-order valence-corrected chi connectivity index (χ4v) is 3.80. The Labute approximate surface area is 188 Å². The molecule has 33 heavy (non-hydrogen) atoms. The summed E-state index contributed by atoms with van der Waals surface area (Å²) >= 11 is 0. The van der Waals surface area contributed by atoms with E-state index in [0.29, 0.717) is 30.1 Å². The van der Waals surface area contributed by atoms with E-state index in [0.717, 1.165) is 25.1 Å². The van der Waals surface area contributed by atoms with Crippen molar-refractivity contribution in [3.8, 4) is 11.5 Å². The zero-order chi connectivity index (χ0) is 23.6. The van der Waals surface area contributed by atoms with Gasteiger partial charge < -0.3 is 14.7 Å². The van der Waals surface area contributed by atoms with Crippen molar-refractivity contribution in [1.82, 2.24) is 19.4 Å². The van der Waals surface area contributed by atoms with Crippen LogP contribution >= 0.6 is 0 Å². The Morgan fingerprint density at radius 2 is 2.09 bits per heavy atom. The number of imidazole rings is 1. The van der Waals surface area contributed by atoms with Crippen LogP contribution in [0, 0.1) is 0 Å². The van der Waals surface area contributed by atoms with Crippen LogP contribution in [0.4, 0.5) is 19.0 Å². The van der Waals surface area contributed by atoms with Crippen LogP contribution in [-0.4, -0.2) is 55.7 Å². The molecule has 1 N–H and O–H groups in total. The smallest absolute Gasteiger partial charge is 0.417 e. The maximum Gasteiger partial charge on any atom is 0.417 e. The normalized spacial score (nSPS) is 19.1. The fraction of sp³-hybridized carbons (Fsp3) is 0.455. The summed E-state index contributed by atoms with van der Waals surface area (Å²) < 4.78 is 46.0. The summed E-state index contributed by atoms with van der Waals surface area (Å²) in [6.07, 6.45) is 1.76. The summed E-state index contributed by atoms with van der Waals surface area (Å²) in [4.78, 5) is 27.0. The number of ether oxygens (including phenoxy) is 1. The van der Waals surface area contributed by atoms with E-state index in [1.807, 2.05) is 6.92 Å². The third kappa shape index (κ3) is 4.77. The zero-order valence-electron chi connectivity index (χ0n) is 18.0. The number of esters is 1. The number of carbonyl (C=O) groups excluding carboxylic acids is 1. The summed E-state index contributed by atoms with van der Waals surface area (Å²) in [5, 5.41) is 10.9. The molecule has 1 saturated heterocycles. The Hall–Kier alpha value is -3.21. The van der Waals surface area contributed by atoms with Gasteiger partial charge in [-0.1, -0.05) is 13.3 Å². The number of rotatable bonds is 6. The summed E-state index contributed by atoms with van der Waals surface area (Å²) in [6, 6.07) is 3.88. The van der Waals surface area contributed by atoms with Crippen molar-refractivity contribution in [2.75, 3.05) is 24.6 Å². The molecule has 0 amide bonds. The maximum absolute atomic E-state index is 13.2. The molecular formula is C22H24F3N5O3. The minimum atomic E-state index is -4.50. The Bertz CT molecular complexity index is 1150. The van der Waals surface area contributed by atoms with Gasteiger partial charge >= 0.3 is 12.1 Å². The van der Waals surface area contributed by atoms with Crippen LogP contribution in [0.15, 0.2) is 36.8 Å². The third-order valence-corrected chi connectivity index (χ3v) is 5.61. The largest absolute Gasteiger partial charge is 0.464 e. The molecule has 8 nitrogen and oxygen atoms in total. The molecule has 4 rings (SSSR count). The van der Waals surface area contributed by atoms with Crippen LogP contribution in [0.1, 0.15) is 38.2 Å². The highest BCUT2D eigenvalue weighted by Crippen LogP contribution is 2.31. The number of alkyl halides is 3. The topological polar surface area (TPSA) is 92.9 Å². The number of aromatic nitrogens is 4. The second kappa shape index (κ2) is 8.97. The number of carbonyl (C=O) groups is 1. The van der Waals surface area contributed by atoms with Crippen LogP contribution in [0.5, 0.6) is 0 Å². The molecule has 11 heteroatoms. The number of halogens is 3. The highest BCUT2D eigenvalue weighted by molar-refractivity contribution is 5.80. The van der Waals surface area contributed by atoms with Gasteiger partial charge in [-0.2, -0.15) is 13.2 Å². The summed E-state index contributed by atoms with van der Waals surface area (Å²) in [5.41, 5.74) is -1.84. The number of fused-ring (bicyclic) bond motifs is 1. The second-order valence-corrected chi connectivity index (χ2v) is 8.07. The van der Waals surface area contributed by atoms with E-state index >= 15 is 0 Å². The number of aliphatic hydroxyl groups is 1. The van der Waals surface area contributed by atoms with Crippen molar-refractivity contribution in [3.05, 3.63) is 42.4 Å². The molecule has 1 aliphatic heterocycles. The van der Waals surface area contributed by atoms with Crippen LogP contribution in [0.3, 0.4) is 0 Å². The fourth-order valence-electron chi connectivity index (χ4n) is 3.80. The van der Waals surface area contributed by atoms with E-state index in [2.05, 4.69) is 15.0 Å². The Kier molecular flexibility index (Phi) is 6.24. The molecule has 176 valence electrons. The summed E-state index contributed by atoms with van der Waals surface area (Å²) in [7, 11) is 0. The molecule has 0 aromatic carbocycles. The van der Waals surface area contributed by atoms with Gasteiger partial charge in [0, 0.05) is 18.9 Å². The van der Waals surface area contributed by atoms with Crippen LogP contribution in [0.2, 0.25) is 0 Å². The molecule has 0 spiro atoms. The first-order valence-corrected chi connectivity index (χ1v) is 10.7. The molecule has 3 aromatic heterocycles. The van der Waals surface area contributed by atoms with Gasteiger partial charge in [0.2, 0.25) is 0 Å². The summed E-state index contributed by atoms with van der Waals surface area (Å²) in [6.45, 7) is 2.78. The number of anilines is 1. The van der Waals surface area contributed by atoms with E-state index in [-0.39, 0.29) is 25.4 Å². The Morgan fingerprint density at radius 3 is 2.85 bits per heavy atom. The lowest BCUT2D eigenvalue weighted by atomic mass is 9.93. The first kappa shape index (κ1) is 23.0. The van der Waals surface area contributed by atoms with Gasteiger partial charge in [0.05, 0.1) is 24.9 Å². The van der Waals surface area contributed by atoms with Crippen molar-refractivity contribution in [3.63, 3.8) is 0 Å². The number of unbranched alkanes of at least 4 members (excludes halogenated alkanes) is 1. The maximum atomic E-state index is 13.2. The van der Waals surface area contributed by atoms with Crippen LogP contribution in [-0.2, 0) is 15.7 Å². The molecule has 0 saturated carbocycles. The molecule has 3 aromatic rings. The first-order valence-electron chi connectivity index (χ1n) is 10.7.